The summed E-state index contributed by atoms with van der Waals surface area (Å²) in [6, 6.07) is 2.38. The van der Waals surface area contributed by atoms with Crippen molar-refractivity contribution in [3.8, 4) is 0 Å². The van der Waals surface area contributed by atoms with Gasteiger partial charge in [-0.25, -0.2) is 4.98 Å². The summed E-state index contributed by atoms with van der Waals surface area (Å²) < 4.78 is 0. The van der Waals surface area contributed by atoms with Gasteiger partial charge in [-0.3, -0.25) is 4.79 Å². The van der Waals surface area contributed by atoms with E-state index in [0.717, 1.165) is 25.1 Å². The van der Waals surface area contributed by atoms with Gasteiger partial charge in [-0.05, 0) is 44.4 Å². The Morgan fingerprint density at radius 3 is 3.17 bits per heavy atom. The molecule has 2 heterocycles. The van der Waals surface area contributed by atoms with E-state index in [9.17, 15) is 4.79 Å². The smallest absolute Gasteiger partial charge is 0.252 e. The first-order chi connectivity index (χ1) is 8.68. The van der Waals surface area contributed by atoms with Gasteiger partial charge in [0.15, 0.2) is 0 Å². The van der Waals surface area contributed by atoms with Gasteiger partial charge in [0.25, 0.3) is 5.91 Å². The average molecular weight is 248 g/mol. The molecule has 1 atom stereocenters. The number of carbonyl (C=O) groups is 1. The van der Waals surface area contributed by atoms with Crippen molar-refractivity contribution in [2.45, 2.75) is 32.2 Å². The van der Waals surface area contributed by atoms with Gasteiger partial charge in [0.05, 0.1) is 5.56 Å². The van der Waals surface area contributed by atoms with Gasteiger partial charge in [0, 0.05) is 18.8 Å². The zero-order chi connectivity index (χ0) is 13.0. The molecule has 1 fully saturated rings. The van der Waals surface area contributed by atoms with E-state index in [2.05, 4.69) is 15.6 Å². The van der Waals surface area contributed by atoms with Gasteiger partial charge >= 0.3 is 0 Å². The van der Waals surface area contributed by atoms with Crippen LogP contribution in [0.4, 0.5) is 5.82 Å². The molecule has 1 aromatic rings. The van der Waals surface area contributed by atoms with Gasteiger partial charge in [-0.2, -0.15) is 0 Å². The summed E-state index contributed by atoms with van der Waals surface area (Å²) in [5.41, 5.74) is 6.74. The number of carbonyl (C=O) groups excluding carboxylic acids is 1. The van der Waals surface area contributed by atoms with E-state index < -0.39 is 5.91 Å². The van der Waals surface area contributed by atoms with Crippen LogP contribution in [0.5, 0.6) is 0 Å². The number of nitrogens with one attached hydrogen (secondary N) is 2. The van der Waals surface area contributed by atoms with Gasteiger partial charge < -0.3 is 16.4 Å². The fourth-order valence-corrected chi connectivity index (χ4v) is 2.37. The maximum atomic E-state index is 11.4. The lowest BCUT2D eigenvalue weighted by Crippen LogP contribution is -2.25. The predicted octanol–water partition coefficient (Wildman–Crippen LogP) is 1.04. The molecule has 0 saturated carbocycles. The Morgan fingerprint density at radius 2 is 2.50 bits per heavy atom. The van der Waals surface area contributed by atoms with Crippen molar-refractivity contribution in [1.82, 2.24) is 10.3 Å². The monoisotopic (exact) mass is 248 g/mol. The van der Waals surface area contributed by atoms with E-state index in [-0.39, 0.29) is 0 Å². The molecule has 0 spiro atoms. The molecule has 0 aromatic carbocycles. The van der Waals surface area contributed by atoms with Crippen LogP contribution in [-0.2, 0) is 0 Å². The summed E-state index contributed by atoms with van der Waals surface area (Å²) in [5, 5.41) is 6.65. The van der Waals surface area contributed by atoms with Crippen molar-refractivity contribution in [3.05, 3.63) is 23.4 Å². The lowest BCUT2D eigenvalue weighted by Gasteiger charge is -2.13. The first kappa shape index (κ1) is 12.8. The van der Waals surface area contributed by atoms with E-state index in [4.69, 9.17) is 5.73 Å². The first-order valence-corrected chi connectivity index (χ1v) is 6.41. The quantitative estimate of drug-likeness (QED) is 0.727. The maximum absolute atomic E-state index is 11.4. The summed E-state index contributed by atoms with van der Waals surface area (Å²) in [7, 11) is 0. The number of pyridine rings is 1. The highest BCUT2D eigenvalue weighted by molar-refractivity contribution is 5.98. The molecule has 5 nitrogen and oxygen atoms in total. The Hall–Kier alpha value is -1.62. The van der Waals surface area contributed by atoms with Crippen LogP contribution in [0.3, 0.4) is 0 Å². The Balaban J connectivity index is 1.96. The van der Waals surface area contributed by atoms with Crippen LogP contribution < -0.4 is 16.4 Å². The number of aromatic nitrogens is 1. The molecule has 0 radical (unpaired) electrons. The van der Waals surface area contributed by atoms with E-state index in [1.54, 1.807) is 12.3 Å². The molecular formula is C13H20N4O. The van der Waals surface area contributed by atoms with Crippen molar-refractivity contribution in [2.75, 3.05) is 18.4 Å². The summed E-state index contributed by atoms with van der Waals surface area (Å²) in [6.45, 7) is 3.78. The van der Waals surface area contributed by atoms with Crippen LogP contribution in [0.15, 0.2) is 12.3 Å². The lowest BCUT2D eigenvalue weighted by atomic mass is 10.1. The SMILES string of the molecule is Cc1ccnc(NCC[C@@H]2CCCN2)c1C(N)=O. The van der Waals surface area contributed by atoms with Crippen LogP contribution in [0, 0.1) is 6.92 Å². The normalized spacial score (nSPS) is 18.8. The zero-order valence-electron chi connectivity index (χ0n) is 10.7. The molecule has 18 heavy (non-hydrogen) atoms. The number of hydrogen-bond acceptors (Lipinski definition) is 4. The highest BCUT2D eigenvalue weighted by Crippen LogP contribution is 2.16. The Morgan fingerprint density at radius 1 is 1.67 bits per heavy atom. The van der Waals surface area contributed by atoms with Gasteiger partial charge in [0.2, 0.25) is 0 Å². The molecule has 1 amide bonds. The van der Waals surface area contributed by atoms with Crippen LogP contribution in [0.2, 0.25) is 0 Å². The minimum Gasteiger partial charge on any atom is -0.369 e. The number of aryl methyl sites for hydroxylation is 1. The minimum atomic E-state index is -0.429. The van der Waals surface area contributed by atoms with Crippen molar-refractivity contribution < 1.29 is 4.79 Å². The minimum absolute atomic E-state index is 0.429. The van der Waals surface area contributed by atoms with Gasteiger partial charge in [-0.1, -0.05) is 0 Å². The number of primary amides is 1. The zero-order valence-corrected chi connectivity index (χ0v) is 10.7. The molecule has 1 saturated heterocycles. The number of amides is 1. The summed E-state index contributed by atoms with van der Waals surface area (Å²) >= 11 is 0. The molecule has 0 unspecified atom stereocenters. The standard InChI is InChI=1S/C13H20N4O/c1-9-4-7-16-13(11(9)12(14)18)17-8-5-10-3-2-6-15-10/h4,7,10,15H,2-3,5-6,8H2,1H3,(H2,14,18)(H,16,17)/t10-/m0/s1. The van der Waals surface area contributed by atoms with E-state index in [1.807, 2.05) is 6.92 Å². The molecule has 1 aliphatic rings. The molecule has 0 aliphatic carbocycles. The number of hydrogen-bond donors (Lipinski definition) is 3. The molecule has 1 aliphatic heterocycles. The number of nitrogens with zero attached hydrogens (tertiary/aromatic N) is 1. The summed E-state index contributed by atoms with van der Waals surface area (Å²) in [4.78, 5) is 15.6. The van der Waals surface area contributed by atoms with Gasteiger partial charge in [0.1, 0.15) is 5.82 Å². The molecule has 0 bridgehead atoms. The third kappa shape index (κ3) is 2.98. The first-order valence-electron chi connectivity index (χ1n) is 6.41. The van der Waals surface area contributed by atoms with E-state index in [0.29, 0.717) is 17.4 Å². The molecule has 5 heteroatoms. The average Bonchev–Trinajstić information content (AvgIpc) is 2.81. The second-order valence-corrected chi connectivity index (χ2v) is 4.72. The molecule has 98 valence electrons. The molecule has 1 aromatic heterocycles. The maximum Gasteiger partial charge on any atom is 0.252 e. The second-order valence-electron chi connectivity index (χ2n) is 4.72. The number of anilines is 1. The van der Waals surface area contributed by atoms with Crippen molar-refractivity contribution in [1.29, 1.82) is 0 Å². The molecular weight excluding hydrogens is 228 g/mol. The second kappa shape index (κ2) is 5.82. The molecule has 4 N–H and O–H groups in total. The predicted molar refractivity (Wildman–Crippen MR) is 71.6 cm³/mol. The number of nitrogens with two attached hydrogens (primary N) is 1. The highest BCUT2D eigenvalue weighted by atomic mass is 16.1. The third-order valence-electron chi connectivity index (χ3n) is 3.35. The topological polar surface area (TPSA) is 80.0 Å². The van der Waals surface area contributed by atoms with Gasteiger partial charge in [-0.15, -0.1) is 0 Å². The van der Waals surface area contributed by atoms with Crippen molar-refractivity contribution in [3.63, 3.8) is 0 Å². The van der Waals surface area contributed by atoms with Crippen molar-refractivity contribution in [2.24, 2.45) is 5.73 Å². The third-order valence-corrected chi connectivity index (χ3v) is 3.35. The van der Waals surface area contributed by atoms with Crippen LogP contribution >= 0.6 is 0 Å². The Kier molecular flexibility index (Phi) is 4.15. The highest BCUT2D eigenvalue weighted by Gasteiger charge is 2.15. The fraction of sp³-hybridized carbons (Fsp3) is 0.538. The summed E-state index contributed by atoms with van der Waals surface area (Å²) in [5.74, 6) is 0.169. The van der Waals surface area contributed by atoms with E-state index >= 15 is 0 Å². The summed E-state index contributed by atoms with van der Waals surface area (Å²) in [6.07, 6.45) is 5.21. The Labute approximate surface area is 107 Å². The number of rotatable bonds is 5. The lowest BCUT2D eigenvalue weighted by molar-refractivity contribution is 0.1000. The van der Waals surface area contributed by atoms with Crippen molar-refractivity contribution >= 4 is 11.7 Å². The fourth-order valence-electron chi connectivity index (χ4n) is 2.37. The molecule has 2 rings (SSSR count). The van der Waals surface area contributed by atoms with Crippen LogP contribution in [0.25, 0.3) is 0 Å². The van der Waals surface area contributed by atoms with Crippen LogP contribution in [-0.4, -0.2) is 30.0 Å². The van der Waals surface area contributed by atoms with E-state index in [1.165, 1.54) is 12.8 Å². The largest absolute Gasteiger partial charge is 0.369 e. The Bertz CT molecular complexity index is 427. The van der Waals surface area contributed by atoms with Crippen LogP contribution in [0.1, 0.15) is 35.2 Å².